The van der Waals surface area contributed by atoms with Gasteiger partial charge in [0.15, 0.2) is 5.82 Å². The first kappa shape index (κ1) is 23.7. The lowest BCUT2D eigenvalue weighted by Gasteiger charge is -2.16. The molecule has 4 N–H and O–H groups in total. The summed E-state index contributed by atoms with van der Waals surface area (Å²) >= 11 is 5.70. The number of hydrogen-bond donors (Lipinski definition) is 4. The fraction of sp³-hybridized carbons (Fsp3) is 0.182. The number of rotatable bonds is 7. The highest BCUT2D eigenvalue weighted by molar-refractivity contribution is 6.31. The summed E-state index contributed by atoms with van der Waals surface area (Å²) in [6.45, 7) is 3.35. The van der Waals surface area contributed by atoms with Crippen molar-refractivity contribution in [2.45, 2.75) is 19.9 Å². The van der Waals surface area contributed by atoms with E-state index in [2.05, 4.69) is 21.1 Å². The monoisotopic (exact) mass is 474 g/mol. The van der Waals surface area contributed by atoms with Crippen LogP contribution in [0.5, 0.6) is 0 Å². The van der Waals surface area contributed by atoms with Crippen LogP contribution in [0.25, 0.3) is 11.3 Å². The zero-order valence-corrected chi connectivity index (χ0v) is 18.3. The van der Waals surface area contributed by atoms with Gasteiger partial charge >= 0.3 is 12.0 Å². The minimum Gasteiger partial charge on any atom is -0.480 e. The third kappa shape index (κ3) is 5.86. The Morgan fingerprint density at radius 2 is 1.79 bits per heavy atom. The van der Waals surface area contributed by atoms with Crippen molar-refractivity contribution in [3.63, 3.8) is 0 Å². The van der Waals surface area contributed by atoms with Gasteiger partial charge in [-0.2, -0.15) is 0 Å². The number of carboxylic acids is 1. The highest BCUT2D eigenvalue weighted by Gasteiger charge is 2.26. The number of nitrogens with one attached hydrogen (secondary N) is 3. The molecule has 3 amide bonds. The quantitative estimate of drug-likeness (QED) is 0.395. The number of aromatic nitrogens is 1. The molecule has 33 heavy (non-hydrogen) atoms. The Morgan fingerprint density at radius 3 is 2.42 bits per heavy atom. The molecule has 0 aliphatic carbocycles. The second-order valence-electron chi connectivity index (χ2n) is 7.37. The Hall–Kier alpha value is -3.92. The van der Waals surface area contributed by atoms with Crippen LogP contribution in [0.15, 0.2) is 53.1 Å². The van der Waals surface area contributed by atoms with Gasteiger partial charge in [-0.25, -0.2) is 14.0 Å². The molecule has 0 aliphatic rings. The molecule has 3 rings (SSSR count). The average molecular weight is 475 g/mol. The Morgan fingerprint density at radius 1 is 1.09 bits per heavy atom. The predicted octanol–water partition coefficient (Wildman–Crippen LogP) is 4.62. The first-order chi connectivity index (χ1) is 15.7. The van der Waals surface area contributed by atoms with Crippen LogP contribution in [0, 0.1) is 11.7 Å². The number of carboxylic acid groups (broad SMARTS) is 1. The molecule has 0 saturated heterocycles. The topological polar surface area (TPSA) is 134 Å². The zero-order valence-electron chi connectivity index (χ0n) is 17.6. The Kier molecular flexibility index (Phi) is 7.29. The number of benzene rings is 2. The summed E-state index contributed by atoms with van der Waals surface area (Å²) in [6.07, 6.45) is 0. The second kappa shape index (κ2) is 10.1. The Balaban J connectivity index is 1.64. The van der Waals surface area contributed by atoms with Gasteiger partial charge in [-0.1, -0.05) is 48.8 Å². The minimum absolute atomic E-state index is 0.0624. The third-order valence-electron chi connectivity index (χ3n) is 4.59. The predicted molar refractivity (Wildman–Crippen MR) is 120 cm³/mol. The molecule has 3 aromatic rings. The molecule has 0 unspecified atom stereocenters. The number of carbonyl (C=O) groups is 3. The maximum absolute atomic E-state index is 13.9. The molecule has 0 bridgehead atoms. The van der Waals surface area contributed by atoms with E-state index in [1.54, 1.807) is 38.1 Å². The molecule has 1 aromatic heterocycles. The maximum atomic E-state index is 13.9. The van der Waals surface area contributed by atoms with Gasteiger partial charge < -0.3 is 25.6 Å². The van der Waals surface area contributed by atoms with Gasteiger partial charge in [-0.15, -0.1) is 0 Å². The van der Waals surface area contributed by atoms with Crippen molar-refractivity contribution >= 4 is 40.9 Å². The summed E-state index contributed by atoms with van der Waals surface area (Å²) in [5.41, 5.74) is 1.28. The summed E-state index contributed by atoms with van der Waals surface area (Å²) in [7, 11) is 0. The molecule has 0 saturated carbocycles. The largest absolute Gasteiger partial charge is 0.480 e. The molecule has 0 aliphatic heterocycles. The highest BCUT2D eigenvalue weighted by Crippen LogP contribution is 2.24. The smallest absolute Gasteiger partial charge is 0.326 e. The summed E-state index contributed by atoms with van der Waals surface area (Å²) < 4.78 is 18.9. The van der Waals surface area contributed by atoms with Gasteiger partial charge in [0.2, 0.25) is 5.76 Å². The van der Waals surface area contributed by atoms with E-state index >= 15 is 0 Å². The molecule has 172 valence electrons. The molecular weight excluding hydrogens is 455 g/mol. The fourth-order valence-electron chi connectivity index (χ4n) is 2.85. The first-order valence-electron chi connectivity index (χ1n) is 9.78. The average Bonchev–Trinajstić information content (AvgIpc) is 3.25. The molecule has 0 radical (unpaired) electrons. The van der Waals surface area contributed by atoms with Crippen LogP contribution in [-0.4, -0.2) is 34.2 Å². The molecule has 9 nitrogen and oxygen atoms in total. The molecule has 2 aromatic carbocycles. The van der Waals surface area contributed by atoms with E-state index in [1.165, 1.54) is 24.3 Å². The van der Waals surface area contributed by atoms with Gasteiger partial charge in [0.05, 0.1) is 10.7 Å². The standard InChI is InChI=1S/C22H20ClFN4O5/c1-11(2)19(21(30)31)27-20(29)17-10-16(28-33-17)12-6-8-13(9-7-12)25-22(32)26-15-5-3-4-14(23)18(15)24/h3-11,19H,1-2H3,(H,27,29)(H,30,31)(H2,25,26,32)/t19-/m0/s1. The number of halogens is 2. The van der Waals surface area contributed by atoms with E-state index in [-0.39, 0.29) is 22.4 Å². The fourth-order valence-corrected chi connectivity index (χ4v) is 3.03. The SMILES string of the molecule is CC(C)[C@H](NC(=O)c1cc(-c2ccc(NC(=O)Nc3cccc(Cl)c3F)cc2)no1)C(=O)O. The molecule has 1 atom stereocenters. The van der Waals surface area contributed by atoms with Gasteiger partial charge in [0, 0.05) is 17.3 Å². The second-order valence-corrected chi connectivity index (χ2v) is 7.77. The number of hydrogen-bond acceptors (Lipinski definition) is 5. The third-order valence-corrected chi connectivity index (χ3v) is 4.88. The lowest BCUT2D eigenvalue weighted by Crippen LogP contribution is -2.44. The minimum atomic E-state index is -1.15. The number of anilines is 2. The van der Waals surface area contributed by atoms with E-state index in [9.17, 15) is 23.9 Å². The molecule has 0 spiro atoms. The first-order valence-corrected chi connectivity index (χ1v) is 10.2. The van der Waals surface area contributed by atoms with Crippen molar-refractivity contribution in [3.05, 3.63) is 65.1 Å². The van der Waals surface area contributed by atoms with Crippen molar-refractivity contribution in [1.82, 2.24) is 10.5 Å². The highest BCUT2D eigenvalue weighted by atomic mass is 35.5. The van der Waals surface area contributed by atoms with Crippen LogP contribution in [0.1, 0.15) is 24.4 Å². The van der Waals surface area contributed by atoms with Gasteiger partial charge in [-0.05, 0) is 30.2 Å². The normalized spacial score (nSPS) is 11.7. The number of urea groups is 1. The van der Waals surface area contributed by atoms with Crippen molar-refractivity contribution in [2.24, 2.45) is 5.92 Å². The molecule has 1 heterocycles. The summed E-state index contributed by atoms with van der Waals surface area (Å²) in [5, 5.41) is 20.2. The lowest BCUT2D eigenvalue weighted by molar-refractivity contribution is -0.140. The zero-order chi connectivity index (χ0) is 24.1. The Bertz CT molecular complexity index is 1180. The van der Waals surface area contributed by atoms with Crippen LogP contribution < -0.4 is 16.0 Å². The maximum Gasteiger partial charge on any atom is 0.326 e. The van der Waals surface area contributed by atoms with Crippen molar-refractivity contribution in [2.75, 3.05) is 10.6 Å². The van der Waals surface area contributed by atoms with Crippen LogP contribution in [0.2, 0.25) is 5.02 Å². The van der Waals surface area contributed by atoms with E-state index < -0.39 is 29.8 Å². The molecule has 0 fully saturated rings. The van der Waals surface area contributed by atoms with Crippen molar-refractivity contribution in [3.8, 4) is 11.3 Å². The Labute approximate surface area is 192 Å². The van der Waals surface area contributed by atoms with Crippen LogP contribution in [0.4, 0.5) is 20.6 Å². The van der Waals surface area contributed by atoms with E-state index in [1.807, 2.05) is 0 Å². The van der Waals surface area contributed by atoms with Gasteiger partial charge in [-0.3, -0.25) is 4.79 Å². The van der Waals surface area contributed by atoms with Crippen molar-refractivity contribution < 1.29 is 28.4 Å². The number of amides is 3. The molecule has 11 heteroatoms. The number of nitrogens with zero attached hydrogens (tertiary/aromatic N) is 1. The van der Waals surface area contributed by atoms with Gasteiger partial charge in [0.1, 0.15) is 11.7 Å². The summed E-state index contributed by atoms with van der Waals surface area (Å²) in [4.78, 5) is 35.7. The van der Waals surface area contributed by atoms with Gasteiger partial charge in [0.25, 0.3) is 5.91 Å². The summed E-state index contributed by atoms with van der Waals surface area (Å²) in [5.74, 6) is -3.04. The van der Waals surface area contributed by atoms with E-state index in [4.69, 9.17) is 16.1 Å². The van der Waals surface area contributed by atoms with Crippen LogP contribution in [0.3, 0.4) is 0 Å². The van der Waals surface area contributed by atoms with E-state index in [0.29, 0.717) is 16.9 Å². The van der Waals surface area contributed by atoms with Crippen LogP contribution in [-0.2, 0) is 4.79 Å². The number of aliphatic carboxylic acids is 1. The van der Waals surface area contributed by atoms with Crippen LogP contribution >= 0.6 is 11.6 Å². The summed E-state index contributed by atoms with van der Waals surface area (Å²) in [6, 6.07) is 10.3. The van der Waals surface area contributed by atoms with Crippen molar-refractivity contribution in [1.29, 1.82) is 0 Å². The number of carbonyl (C=O) groups excluding carboxylic acids is 2. The van der Waals surface area contributed by atoms with E-state index in [0.717, 1.165) is 0 Å². The molecular formula is C22H20ClFN4O5. The lowest BCUT2D eigenvalue weighted by atomic mass is 10.0.